The Kier molecular flexibility index (Phi) is 4.28. The number of amides is 2. The van der Waals surface area contributed by atoms with Crippen molar-refractivity contribution < 1.29 is 9.21 Å². The van der Waals surface area contributed by atoms with E-state index in [4.69, 9.17) is 9.68 Å². The molecule has 0 radical (unpaired) electrons. The lowest BCUT2D eigenvalue weighted by atomic mass is 9.99. The predicted octanol–water partition coefficient (Wildman–Crippen LogP) is 4.26. The smallest absolute Gasteiger partial charge is 0.321 e. The molecule has 3 aromatic rings. The summed E-state index contributed by atoms with van der Waals surface area (Å²) in [5, 5.41) is 11.8. The van der Waals surface area contributed by atoms with E-state index in [0.29, 0.717) is 19.0 Å². The molecule has 6 nitrogen and oxygen atoms in total. The molecule has 26 heavy (non-hydrogen) atoms. The van der Waals surface area contributed by atoms with Crippen LogP contribution < -0.4 is 5.32 Å². The van der Waals surface area contributed by atoms with Gasteiger partial charge < -0.3 is 14.6 Å². The van der Waals surface area contributed by atoms with Gasteiger partial charge in [-0.2, -0.15) is 5.26 Å². The van der Waals surface area contributed by atoms with Gasteiger partial charge in [-0.15, -0.1) is 0 Å². The van der Waals surface area contributed by atoms with Gasteiger partial charge in [0.05, 0.1) is 6.07 Å². The molecule has 1 aliphatic rings. The Bertz CT molecular complexity index is 930. The number of nitriles is 1. The number of fused-ring (bicyclic) bond motifs is 1. The second-order valence-electron chi connectivity index (χ2n) is 6.38. The van der Waals surface area contributed by atoms with Crippen molar-refractivity contribution in [2.45, 2.75) is 12.8 Å². The molecule has 1 fully saturated rings. The Hall–Kier alpha value is -3.33. The molecule has 6 heteroatoms. The number of anilines is 1. The van der Waals surface area contributed by atoms with E-state index in [9.17, 15) is 4.79 Å². The summed E-state index contributed by atoms with van der Waals surface area (Å²) in [6, 6.07) is 17.2. The van der Waals surface area contributed by atoms with Gasteiger partial charge in [-0.1, -0.05) is 12.1 Å². The van der Waals surface area contributed by atoms with Crippen molar-refractivity contribution in [3.8, 4) is 17.5 Å². The lowest BCUT2D eigenvalue weighted by Gasteiger charge is -2.29. The third kappa shape index (κ3) is 3.24. The first-order chi connectivity index (χ1) is 12.7. The zero-order valence-corrected chi connectivity index (χ0v) is 14.2. The van der Waals surface area contributed by atoms with E-state index in [2.05, 4.69) is 16.4 Å². The highest BCUT2D eigenvalue weighted by molar-refractivity contribution is 5.89. The molecule has 0 aliphatic carbocycles. The molecule has 0 bridgehead atoms. The molecule has 1 aromatic heterocycles. The minimum Gasteiger partial charge on any atom is -0.436 e. The number of urea groups is 1. The summed E-state index contributed by atoms with van der Waals surface area (Å²) in [4.78, 5) is 18.6. The SMILES string of the molecule is N#CC1CCN(C(=O)Nc2ccc(-c3nc4ccccc4o3)cc2)CC1. The minimum atomic E-state index is -0.129. The van der Waals surface area contributed by atoms with Crippen LogP contribution in [0.25, 0.3) is 22.6 Å². The molecular formula is C20H18N4O2. The van der Waals surface area contributed by atoms with Crippen molar-refractivity contribution >= 4 is 22.8 Å². The molecule has 2 heterocycles. The Balaban J connectivity index is 1.43. The fourth-order valence-electron chi connectivity index (χ4n) is 3.11. The van der Waals surface area contributed by atoms with Gasteiger partial charge in [0.1, 0.15) is 5.52 Å². The highest BCUT2D eigenvalue weighted by atomic mass is 16.3. The quantitative estimate of drug-likeness (QED) is 0.751. The van der Waals surface area contributed by atoms with E-state index >= 15 is 0 Å². The molecule has 0 saturated carbocycles. The number of likely N-dealkylation sites (tertiary alicyclic amines) is 1. The number of hydrogen-bond acceptors (Lipinski definition) is 4. The van der Waals surface area contributed by atoms with Crippen molar-refractivity contribution in [3.05, 3.63) is 48.5 Å². The molecule has 1 aliphatic heterocycles. The van der Waals surface area contributed by atoms with E-state index < -0.39 is 0 Å². The van der Waals surface area contributed by atoms with Crippen LogP contribution >= 0.6 is 0 Å². The molecule has 2 aromatic carbocycles. The molecule has 130 valence electrons. The van der Waals surface area contributed by atoms with Crippen molar-refractivity contribution in [1.82, 2.24) is 9.88 Å². The van der Waals surface area contributed by atoms with E-state index in [-0.39, 0.29) is 11.9 Å². The van der Waals surface area contributed by atoms with Gasteiger partial charge in [-0.3, -0.25) is 0 Å². The number of piperidine rings is 1. The minimum absolute atomic E-state index is 0.0645. The summed E-state index contributed by atoms with van der Waals surface area (Å²) >= 11 is 0. The molecule has 0 unspecified atom stereocenters. The number of para-hydroxylation sites is 2. The average molecular weight is 346 g/mol. The van der Waals surface area contributed by atoms with Crippen molar-refractivity contribution in [1.29, 1.82) is 5.26 Å². The lowest BCUT2D eigenvalue weighted by molar-refractivity contribution is 0.192. The normalized spacial score (nSPS) is 15.0. The van der Waals surface area contributed by atoms with Gasteiger partial charge in [-0.25, -0.2) is 9.78 Å². The van der Waals surface area contributed by atoms with Crippen LogP contribution in [0.3, 0.4) is 0 Å². The fraction of sp³-hybridized carbons (Fsp3) is 0.250. The number of benzene rings is 2. The van der Waals surface area contributed by atoms with Gasteiger partial charge in [0, 0.05) is 30.3 Å². The number of carbonyl (C=O) groups is 1. The molecule has 0 atom stereocenters. The van der Waals surface area contributed by atoms with E-state index in [0.717, 1.165) is 35.2 Å². The van der Waals surface area contributed by atoms with Gasteiger partial charge in [0.25, 0.3) is 0 Å². The van der Waals surface area contributed by atoms with E-state index in [1.807, 2.05) is 48.5 Å². The summed E-state index contributed by atoms with van der Waals surface area (Å²) in [5.41, 5.74) is 3.15. The maximum absolute atomic E-state index is 12.3. The van der Waals surface area contributed by atoms with Gasteiger partial charge in [-0.05, 0) is 49.2 Å². The molecule has 4 rings (SSSR count). The molecule has 0 spiro atoms. The first kappa shape index (κ1) is 16.2. The van der Waals surface area contributed by atoms with Crippen LogP contribution in [-0.2, 0) is 0 Å². The third-order valence-corrected chi connectivity index (χ3v) is 4.64. The first-order valence-electron chi connectivity index (χ1n) is 8.64. The Morgan fingerprint density at radius 1 is 1.15 bits per heavy atom. The van der Waals surface area contributed by atoms with Gasteiger partial charge >= 0.3 is 6.03 Å². The van der Waals surface area contributed by atoms with Gasteiger partial charge in [0.15, 0.2) is 5.58 Å². The second-order valence-corrected chi connectivity index (χ2v) is 6.38. The topological polar surface area (TPSA) is 82.2 Å². The summed E-state index contributed by atoms with van der Waals surface area (Å²) in [7, 11) is 0. The van der Waals surface area contributed by atoms with Crippen LogP contribution in [0, 0.1) is 17.2 Å². The fourth-order valence-corrected chi connectivity index (χ4v) is 3.11. The molecule has 1 N–H and O–H groups in total. The Morgan fingerprint density at radius 2 is 1.88 bits per heavy atom. The largest absolute Gasteiger partial charge is 0.436 e. The second kappa shape index (κ2) is 6.89. The number of nitrogens with one attached hydrogen (secondary N) is 1. The molecule has 2 amide bonds. The number of aromatic nitrogens is 1. The number of nitrogens with zero attached hydrogens (tertiary/aromatic N) is 3. The number of oxazole rings is 1. The van der Waals surface area contributed by atoms with Crippen LogP contribution in [0.5, 0.6) is 0 Å². The standard InChI is InChI=1S/C20H18N4O2/c21-13-14-9-11-24(12-10-14)20(25)22-16-7-5-15(6-8-16)19-23-17-3-1-2-4-18(17)26-19/h1-8,14H,9-12H2,(H,22,25). The van der Waals surface area contributed by atoms with Crippen molar-refractivity contribution in [2.75, 3.05) is 18.4 Å². The molecular weight excluding hydrogens is 328 g/mol. The molecule has 1 saturated heterocycles. The van der Waals surface area contributed by atoms with E-state index in [1.54, 1.807) is 4.90 Å². The predicted molar refractivity (Wildman–Crippen MR) is 98.4 cm³/mol. The monoisotopic (exact) mass is 346 g/mol. The first-order valence-corrected chi connectivity index (χ1v) is 8.64. The Morgan fingerprint density at radius 3 is 2.58 bits per heavy atom. The zero-order valence-electron chi connectivity index (χ0n) is 14.2. The van der Waals surface area contributed by atoms with Crippen LogP contribution in [0.4, 0.5) is 10.5 Å². The van der Waals surface area contributed by atoms with Crippen molar-refractivity contribution in [2.24, 2.45) is 5.92 Å². The summed E-state index contributed by atoms with van der Waals surface area (Å²) in [6.45, 7) is 1.23. The number of rotatable bonds is 2. The zero-order chi connectivity index (χ0) is 17.9. The van der Waals surface area contributed by atoms with E-state index in [1.165, 1.54) is 0 Å². The highest BCUT2D eigenvalue weighted by Gasteiger charge is 2.22. The lowest BCUT2D eigenvalue weighted by Crippen LogP contribution is -2.40. The van der Waals surface area contributed by atoms with Crippen LogP contribution in [0.15, 0.2) is 52.9 Å². The summed E-state index contributed by atoms with van der Waals surface area (Å²) in [6.07, 6.45) is 1.47. The summed E-state index contributed by atoms with van der Waals surface area (Å²) < 4.78 is 5.76. The summed E-state index contributed by atoms with van der Waals surface area (Å²) in [5.74, 6) is 0.622. The van der Waals surface area contributed by atoms with Crippen LogP contribution in [-0.4, -0.2) is 29.0 Å². The Labute approximate surface area is 151 Å². The van der Waals surface area contributed by atoms with Crippen LogP contribution in [0.2, 0.25) is 0 Å². The highest BCUT2D eigenvalue weighted by Crippen LogP contribution is 2.25. The number of hydrogen-bond donors (Lipinski definition) is 1. The van der Waals surface area contributed by atoms with Crippen molar-refractivity contribution in [3.63, 3.8) is 0 Å². The average Bonchev–Trinajstić information content (AvgIpc) is 3.13. The maximum atomic E-state index is 12.3. The third-order valence-electron chi connectivity index (χ3n) is 4.64. The van der Waals surface area contributed by atoms with Crippen LogP contribution in [0.1, 0.15) is 12.8 Å². The number of carbonyl (C=O) groups excluding carboxylic acids is 1. The maximum Gasteiger partial charge on any atom is 0.321 e. The van der Waals surface area contributed by atoms with Gasteiger partial charge in [0.2, 0.25) is 5.89 Å².